The van der Waals surface area contributed by atoms with Crippen molar-refractivity contribution in [2.24, 2.45) is 10.9 Å². The third-order valence-corrected chi connectivity index (χ3v) is 4.77. The average molecular weight is 325 g/mol. The molecule has 0 saturated carbocycles. The summed E-state index contributed by atoms with van der Waals surface area (Å²) < 4.78 is 5.33. The first-order valence-electron chi connectivity index (χ1n) is 8.72. The average Bonchev–Trinajstić information content (AvgIpc) is 2.61. The van der Waals surface area contributed by atoms with Crippen LogP contribution in [0.3, 0.4) is 0 Å². The number of carbonyl (C=O) groups is 2. The predicted molar refractivity (Wildman–Crippen MR) is 92.9 cm³/mol. The molecule has 3 rings (SSSR count). The first-order chi connectivity index (χ1) is 11.7. The fourth-order valence-corrected chi connectivity index (χ4v) is 3.74. The number of allylic oxidation sites excluding steroid dienone is 2. The largest absolute Gasteiger partial charge is 0.465 e. The molecule has 0 fully saturated rings. The number of benzene rings is 1. The topological polar surface area (TPSA) is 55.7 Å². The summed E-state index contributed by atoms with van der Waals surface area (Å²) in [5.74, 6) is -0.936. The molecule has 0 N–H and O–H groups in total. The summed E-state index contributed by atoms with van der Waals surface area (Å²) in [6.07, 6.45) is 2.86. The molecule has 1 aliphatic heterocycles. The number of rotatable bonds is 4. The minimum Gasteiger partial charge on any atom is -0.465 e. The van der Waals surface area contributed by atoms with E-state index >= 15 is 0 Å². The number of nitrogens with zero attached hydrogens (tertiary/aromatic N) is 1. The van der Waals surface area contributed by atoms with Gasteiger partial charge in [0.25, 0.3) is 0 Å². The van der Waals surface area contributed by atoms with Gasteiger partial charge in [-0.1, -0.05) is 37.3 Å². The first kappa shape index (κ1) is 16.6. The Hall–Kier alpha value is -2.23. The first-order valence-corrected chi connectivity index (χ1v) is 8.72. The molecule has 1 aromatic carbocycles. The second-order valence-corrected chi connectivity index (χ2v) is 6.21. The van der Waals surface area contributed by atoms with Crippen LogP contribution in [0, 0.1) is 5.92 Å². The van der Waals surface area contributed by atoms with Crippen LogP contribution in [0.15, 0.2) is 46.6 Å². The Balaban J connectivity index is 2.16. The smallest absolute Gasteiger partial charge is 0.315 e. The van der Waals surface area contributed by atoms with Crippen LogP contribution in [0.4, 0.5) is 0 Å². The van der Waals surface area contributed by atoms with Crippen LogP contribution in [0.25, 0.3) is 0 Å². The minimum atomic E-state index is -0.502. The molecule has 4 heteroatoms. The number of Topliss-reactive ketones (excluding diaryl/α,β-unsaturated/α-hetero) is 1. The normalized spacial score (nSPS) is 23.6. The van der Waals surface area contributed by atoms with Crippen molar-refractivity contribution in [3.05, 3.63) is 47.2 Å². The molecule has 1 heterocycles. The Morgan fingerprint density at radius 1 is 1.21 bits per heavy atom. The van der Waals surface area contributed by atoms with Gasteiger partial charge in [-0.25, -0.2) is 0 Å². The van der Waals surface area contributed by atoms with Crippen LogP contribution in [-0.2, 0) is 14.3 Å². The third-order valence-electron chi connectivity index (χ3n) is 4.77. The SMILES string of the molecule is CCOC(=O)C1C(CC)=NC2=C(C(=O)CCC2)[C@H]1c1ccccc1. The van der Waals surface area contributed by atoms with E-state index in [9.17, 15) is 9.59 Å². The van der Waals surface area contributed by atoms with Crippen LogP contribution in [-0.4, -0.2) is 24.1 Å². The van der Waals surface area contributed by atoms with Gasteiger partial charge in [0.15, 0.2) is 5.78 Å². The fourth-order valence-electron chi connectivity index (χ4n) is 3.74. The number of esters is 1. The van der Waals surface area contributed by atoms with E-state index < -0.39 is 5.92 Å². The quantitative estimate of drug-likeness (QED) is 0.791. The van der Waals surface area contributed by atoms with Crippen molar-refractivity contribution in [1.82, 2.24) is 0 Å². The second-order valence-electron chi connectivity index (χ2n) is 6.21. The summed E-state index contributed by atoms with van der Waals surface area (Å²) in [5, 5.41) is 0. The predicted octanol–water partition coefficient (Wildman–Crippen LogP) is 3.82. The lowest BCUT2D eigenvalue weighted by Gasteiger charge is -2.35. The van der Waals surface area contributed by atoms with Gasteiger partial charge >= 0.3 is 5.97 Å². The molecule has 2 atom stereocenters. The van der Waals surface area contributed by atoms with E-state index in [-0.39, 0.29) is 17.7 Å². The van der Waals surface area contributed by atoms with E-state index in [1.165, 1.54) is 0 Å². The van der Waals surface area contributed by atoms with E-state index in [1.54, 1.807) is 6.92 Å². The number of hydrogen-bond donors (Lipinski definition) is 0. The summed E-state index contributed by atoms with van der Waals surface area (Å²) in [6, 6.07) is 9.81. The highest BCUT2D eigenvalue weighted by Crippen LogP contribution is 2.43. The van der Waals surface area contributed by atoms with Gasteiger partial charge in [-0.05, 0) is 31.7 Å². The molecule has 0 aromatic heterocycles. The molecular weight excluding hydrogens is 302 g/mol. The van der Waals surface area contributed by atoms with Crippen molar-refractivity contribution in [2.75, 3.05) is 6.61 Å². The molecule has 2 aliphatic rings. The van der Waals surface area contributed by atoms with Crippen LogP contribution >= 0.6 is 0 Å². The zero-order valence-corrected chi connectivity index (χ0v) is 14.2. The van der Waals surface area contributed by atoms with Gasteiger partial charge < -0.3 is 4.74 Å². The van der Waals surface area contributed by atoms with E-state index in [4.69, 9.17) is 9.73 Å². The van der Waals surface area contributed by atoms with Gasteiger partial charge in [-0.3, -0.25) is 14.6 Å². The van der Waals surface area contributed by atoms with Crippen molar-refractivity contribution < 1.29 is 14.3 Å². The number of aliphatic imine (C=N–C) groups is 1. The van der Waals surface area contributed by atoms with Gasteiger partial charge in [-0.2, -0.15) is 0 Å². The summed E-state index contributed by atoms with van der Waals surface area (Å²) in [6.45, 7) is 4.13. The Bertz CT molecular complexity index is 703. The maximum Gasteiger partial charge on any atom is 0.315 e. The van der Waals surface area contributed by atoms with Crippen molar-refractivity contribution in [3.63, 3.8) is 0 Å². The molecule has 0 spiro atoms. The van der Waals surface area contributed by atoms with E-state index in [0.29, 0.717) is 19.4 Å². The molecule has 4 nitrogen and oxygen atoms in total. The lowest BCUT2D eigenvalue weighted by atomic mass is 9.71. The van der Waals surface area contributed by atoms with Gasteiger partial charge in [0.1, 0.15) is 5.92 Å². The highest BCUT2D eigenvalue weighted by Gasteiger charge is 2.43. The van der Waals surface area contributed by atoms with Crippen molar-refractivity contribution in [1.29, 1.82) is 0 Å². The van der Waals surface area contributed by atoms with E-state index in [1.807, 2.05) is 37.3 Å². The van der Waals surface area contributed by atoms with E-state index in [0.717, 1.165) is 35.4 Å². The highest BCUT2D eigenvalue weighted by atomic mass is 16.5. The molecule has 1 aromatic rings. The van der Waals surface area contributed by atoms with Gasteiger partial charge in [0.2, 0.25) is 0 Å². The Morgan fingerprint density at radius 2 is 1.96 bits per heavy atom. The highest BCUT2D eigenvalue weighted by molar-refractivity contribution is 6.09. The monoisotopic (exact) mass is 325 g/mol. The number of carbonyl (C=O) groups excluding carboxylic acids is 2. The summed E-state index contributed by atoms with van der Waals surface area (Å²) >= 11 is 0. The van der Waals surface area contributed by atoms with Crippen molar-refractivity contribution in [3.8, 4) is 0 Å². The van der Waals surface area contributed by atoms with Crippen LogP contribution in [0.5, 0.6) is 0 Å². The summed E-state index contributed by atoms with van der Waals surface area (Å²) in [5.41, 5.74) is 3.41. The molecule has 0 radical (unpaired) electrons. The molecule has 1 aliphatic carbocycles. The number of hydrogen-bond acceptors (Lipinski definition) is 4. The zero-order valence-electron chi connectivity index (χ0n) is 14.2. The second kappa shape index (κ2) is 7.12. The van der Waals surface area contributed by atoms with Crippen LogP contribution in [0.2, 0.25) is 0 Å². The summed E-state index contributed by atoms with van der Waals surface area (Å²) in [4.78, 5) is 30.1. The number of ketones is 1. The molecule has 0 saturated heterocycles. The van der Waals surface area contributed by atoms with Crippen molar-refractivity contribution >= 4 is 17.5 Å². The Kier molecular flexibility index (Phi) is 4.93. The summed E-state index contributed by atoms with van der Waals surface area (Å²) in [7, 11) is 0. The van der Waals surface area contributed by atoms with E-state index in [2.05, 4.69) is 0 Å². The fraction of sp³-hybridized carbons (Fsp3) is 0.450. The van der Waals surface area contributed by atoms with Gasteiger partial charge in [0.05, 0.1) is 6.61 Å². The molecule has 126 valence electrons. The zero-order chi connectivity index (χ0) is 17.1. The maximum atomic E-state index is 12.7. The maximum absolute atomic E-state index is 12.7. The molecular formula is C20H23NO3. The van der Waals surface area contributed by atoms with Crippen molar-refractivity contribution in [2.45, 2.75) is 45.4 Å². The minimum absolute atomic E-state index is 0.123. The number of ether oxygens (including phenoxy) is 1. The molecule has 24 heavy (non-hydrogen) atoms. The molecule has 1 unspecified atom stereocenters. The Labute approximate surface area is 142 Å². The third kappa shape index (κ3) is 2.93. The Morgan fingerprint density at radius 3 is 2.62 bits per heavy atom. The standard InChI is InChI=1S/C20H23NO3/c1-3-14-19(20(23)24-4-2)17(13-9-6-5-7-10-13)18-15(21-14)11-8-12-16(18)22/h5-7,9-10,17,19H,3-4,8,11-12H2,1-2H3/t17-,19?/m1/s1. The van der Waals surface area contributed by atoms with Crippen LogP contribution in [0.1, 0.15) is 51.0 Å². The lowest BCUT2D eigenvalue weighted by Crippen LogP contribution is -2.38. The van der Waals surface area contributed by atoms with Gasteiger partial charge in [0, 0.05) is 29.3 Å². The lowest BCUT2D eigenvalue weighted by molar-refractivity contribution is -0.146. The molecule has 0 amide bonds. The van der Waals surface area contributed by atoms with Crippen LogP contribution < -0.4 is 0 Å². The van der Waals surface area contributed by atoms with Gasteiger partial charge in [-0.15, -0.1) is 0 Å². The molecule has 0 bridgehead atoms.